The maximum absolute atomic E-state index is 13.9. The lowest BCUT2D eigenvalue weighted by atomic mass is 10.1. The average molecular weight is 424 g/mol. The molecule has 6 rings (SSSR count). The molecule has 0 bridgehead atoms. The highest BCUT2D eigenvalue weighted by Crippen LogP contribution is 2.32. The maximum atomic E-state index is 13.9. The van der Waals surface area contributed by atoms with Gasteiger partial charge in [0, 0.05) is 35.8 Å². The Labute approximate surface area is 179 Å². The second-order valence-electron chi connectivity index (χ2n) is 7.13. The Morgan fingerprint density at radius 3 is 2.62 bits per heavy atom. The number of aromatic nitrogens is 8. The van der Waals surface area contributed by atoms with Gasteiger partial charge < -0.3 is 10.1 Å². The standard InChI is InChI=1S/C22H13FN8O/c23-13-5-11(6-14(32)7-13)15-3-4-26-21-18(15)28-22(29-21)20-19-17(30-31-20)2-1-16(27-19)12-8-24-10-25-9-12/h1-10,32H,(H,30,31)(H,26,28,29). The van der Waals surface area contributed by atoms with Crippen molar-refractivity contribution in [3.8, 4) is 39.7 Å². The molecular weight excluding hydrogens is 411 g/mol. The van der Waals surface area contributed by atoms with Gasteiger partial charge in [0.1, 0.15) is 28.9 Å². The highest BCUT2D eigenvalue weighted by molar-refractivity contribution is 5.95. The molecule has 3 N–H and O–H groups in total. The number of aromatic amines is 2. The molecule has 5 aromatic heterocycles. The number of phenols is 1. The van der Waals surface area contributed by atoms with Gasteiger partial charge in [-0.25, -0.2) is 29.3 Å². The fourth-order valence-corrected chi connectivity index (χ4v) is 3.64. The molecule has 0 aliphatic carbocycles. The molecule has 10 heteroatoms. The Kier molecular flexibility index (Phi) is 3.90. The fraction of sp³-hybridized carbons (Fsp3) is 0. The summed E-state index contributed by atoms with van der Waals surface area (Å²) in [6.07, 6.45) is 6.43. The third kappa shape index (κ3) is 2.93. The maximum Gasteiger partial charge on any atom is 0.162 e. The summed E-state index contributed by atoms with van der Waals surface area (Å²) in [4.78, 5) is 25.0. The van der Waals surface area contributed by atoms with Crippen molar-refractivity contribution in [1.29, 1.82) is 0 Å². The smallest absolute Gasteiger partial charge is 0.162 e. The number of aromatic hydroxyl groups is 1. The zero-order valence-corrected chi connectivity index (χ0v) is 16.3. The SMILES string of the molecule is Oc1cc(F)cc(-c2ccnc3[nH]c(-c4n[nH]c5ccc(-c6cncnc6)nc45)nc23)c1. The van der Waals surface area contributed by atoms with Crippen LogP contribution in [0.4, 0.5) is 4.39 Å². The molecule has 154 valence electrons. The van der Waals surface area contributed by atoms with E-state index in [1.807, 2.05) is 12.1 Å². The van der Waals surface area contributed by atoms with Gasteiger partial charge in [0.15, 0.2) is 17.2 Å². The Bertz CT molecular complexity index is 1590. The van der Waals surface area contributed by atoms with Gasteiger partial charge in [-0.3, -0.25) is 5.10 Å². The van der Waals surface area contributed by atoms with Crippen LogP contribution in [0.2, 0.25) is 0 Å². The number of hydrogen-bond donors (Lipinski definition) is 3. The Hall–Kier alpha value is -4.73. The first-order valence-electron chi connectivity index (χ1n) is 9.61. The Morgan fingerprint density at radius 1 is 0.906 bits per heavy atom. The zero-order chi connectivity index (χ0) is 21.7. The van der Waals surface area contributed by atoms with Gasteiger partial charge in [-0.1, -0.05) is 0 Å². The van der Waals surface area contributed by atoms with Gasteiger partial charge in [0.05, 0.1) is 11.2 Å². The van der Waals surface area contributed by atoms with Crippen molar-refractivity contribution in [1.82, 2.24) is 40.1 Å². The molecule has 0 spiro atoms. The van der Waals surface area contributed by atoms with E-state index in [1.54, 1.807) is 24.7 Å². The number of hydrogen-bond acceptors (Lipinski definition) is 7. The molecule has 32 heavy (non-hydrogen) atoms. The molecule has 0 radical (unpaired) electrons. The topological polar surface area (TPSA) is 129 Å². The predicted molar refractivity (Wildman–Crippen MR) is 115 cm³/mol. The minimum Gasteiger partial charge on any atom is -0.508 e. The quantitative estimate of drug-likeness (QED) is 0.393. The number of halogens is 1. The molecule has 0 atom stereocenters. The molecule has 0 fully saturated rings. The predicted octanol–water partition coefficient (Wildman–Crippen LogP) is 3.86. The van der Waals surface area contributed by atoms with Crippen LogP contribution in [0.15, 0.2) is 61.3 Å². The van der Waals surface area contributed by atoms with E-state index in [9.17, 15) is 9.50 Å². The van der Waals surface area contributed by atoms with Crippen LogP contribution in [-0.2, 0) is 0 Å². The first-order valence-corrected chi connectivity index (χ1v) is 9.61. The second kappa shape index (κ2) is 6.91. The van der Waals surface area contributed by atoms with Crippen molar-refractivity contribution in [2.75, 3.05) is 0 Å². The number of H-pyrrole nitrogens is 2. The molecule has 0 unspecified atom stereocenters. The van der Waals surface area contributed by atoms with Gasteiger partial charge in [-0.05, 0) is 35.9 Å². The van der Waals surface area contributed by atoms with Crippen molar-refractivity contribution in [2.45, 2.75) is 0 Å². The number of benzene rings is 1. The van der Waals surface area contributed by atoms with Crippen LogP contribution < -0.4 is 0 Å². The lowest BCUT2D eigenvalue weighted by Gasteiger charge is -2.03. The molecule has 1 aromatic carbocycles. The summed E-state index contributed by atoms with van der Waals surface area (Å²) in [5.41, 5.74) is 5.50. The molecule has 0 aliphatic rings. The van der Waals surface area contributed by atoms with Crippen LogP contribution in [0.5, 0.6) is 5.75 Å². The summed E-state index contributed by atoms with van der Waals surface area (Å²) in [7, 11) is 0. The van der Waals surface area contributed by atoms with Gasteiger partial charge >= 0.3 is 0 Å². The third-order valence-corrected chi connectivity index (χ3v) is 5.07. The van der Waals surface area contributed by atoms with E-state index in [2.05, 4.69) is 35.1 Å². The molecular formula is C22H13FN8O. The number of nitrogens with one attached hydrogen (secondary N) is 2. The lowest BCUT2D eigenvalue weighted by molar-refractivity contribution is 0.469. The minimum atomic E-state index is -0.541. The Morgan fingerprint density at radius 2 is 1.78 bits per heavy atom. The largest absolute Gasteiger partial charge is 0.508 e. The van der Waals surface area contributed by atoms with Crippen LogP contribution in [-0.4, -0.2) is 45.2 Å². The number of rotatable bonds is 3. The van der Waals surface area contributed by atoms with Crippen molar-refractivity contribution >= 4 is 22.2 Å². The van der Waals surface area contributed by atoms with Crippen LogP contribution in [0.25, 0.3) is 56.1 Å². The number of fused-ring (bicyclic) bond motifs is 2. The number of pyridine rings is 2. The van der Waals surface area contributed by atoms with E-state index >= 15 is 0 Å². The minimum absolute atomic E-state index is 0.166. The average Bonchev–Trinajstić information content (AvgIpc) is 3.42. The Balaban J connectivity index is 1.52. The summed E-state index contributed by atoms with van der Waals surface area (Å²) < 4.78 is 13.9. The molecule has 6 aromatic rings. The van der Waals surface area contributed by atoms with Crippen LogP contribution in [0, 0.1) is 5.82 Å². The van der Waals surface area contributed by atoms with Crippen molar-refractivity contribution in [3.63, 3.8) is 0 Å². The first-order chi connectivity index (χ1) is 15.7. The van der Waals surface area contributed by atoms with Crippen molar-refractivity contribution in [3.05, 3.63) is 67.1 Å². The summed E-state index contributed by atoms with van der Waals surface area (Å²) >= 11 is 0. The molecule has 5 heterocycles. The van der Waals surface area contributed by atoms with Crippen LogP contribution in [0.1, 0.15) is 0 Å². The monoisotopic (exact) mass is 424 g/mol. The number of nitrogens with zero attached hydrogens (tertiary/aromatic N) is 6. The summed E-state index contributed by atoms with van der Waals surface area (Å²) in [5, 5.41) is 17.2. The summed E-state index contributed by atoms with van der Waals surface area (Å²) in [6, 6.07) is 9.32. The van der Waals surface area contributed by atoms with E-state index in [1.165, 1.54) is 18.5 Å². The van der Waals surface area contributed by atoms with Crippen LogP contribution in [0.3, 0.4) is 0 Å². The van der Waals surface area contributed by atoms with Gasteiger partial charge in [0.2, 0.25) is 0 Å². The van der Waals surface area contributed by atoms with Crippen molar-refractivity contribution in [2.24, 2.45) is 0 Å². The second-order valence-corrected chi connectivity index (χ2v) is 7.13. The fourth-order valence-electron chi connectivity index (χ4n) is 3.64. The molecule has 0 saturated heterocycles. The number of phenolic OH excluding ortho intramolecular Hbond substituents is 1. The number of imidazole rings is 1. The summed E-state index contributed by atoms with van der Waals surface area (Å²) in [5.74, 6) is -0.248. The summed E-state index contributed by atoms with van der Waals surface area (Å²) in [6.45, 7) is 0. The molecule has 0 aliphatic heterocycles. The van der Waals surface area contributed by atoms with E-state index in [0.717, 1.165) is 17.1 Å². The van der Waals surface area contributed by atoms with Gasteiger partial charge in [-0.15, -0.1) is 0 Å². The molecule has 9 nitrogen and oxygen atoms in total. The molecule has 0 saturated carbocycles. The van der Waals surface area contributed by atoms with Gasteiger partial charge in [-0.2, -0.15) is 5.10 Å². The van der Waals surface area contributed by atoms with Crippen molar-refractivity contribution < 1.29 is 9.50 Å². The third-order valence-electron chi connectivity index (χ3n) is 5.07. The van der Waals surface area contributed by atoms with Crippen LogP contribution >= 0.6 is 0 Å². The van der Waals surface area contributed by atoms with E-state index in [4.69, 9.17) is 4.98 Å². The highest BCUT2D eigenvalue weighted by Gasteiger charge is 2.18. The van der Waals surface area contributed by atoms with E-state index in [-0.39, 0.29) is 5.75 Å². The first kappa shape index (κ1) is 18.1. The highest BCUT2D eigenvalue weighted by atomic mass is 19.1. The van der Waals surface area contributed by atoms with E-state index in [0.29, 0.717) is 45.0 Å². The zero-order valence-electron chi connectivity index (χ0n) is 16.3. The van der Waals surface area contributed by atoms with E-state index < -0.39 is 5.82 Å². The van der Waals surface area contributed by atoms with Gasteiger partial charge in [0.25, 0.3) is 0 Å². The molecule has 0 amide bonds. The lowest BCUT2D eigenvalue weighted by Crippen LogP contribution is -1.88. The normalized spacial score (nSPS) is 11.4.